The van der Waals surface area contributed by atoms with Crippen molar-refractivity contribution < 1.29 is 4.92 Å². The molecule has 0 radical (unpaired) electrons. The molecule has 0 saturated heterocycles. The first-order valence-corrected chi connectivity index (χ1v) is 7.20. The molecule has 22 heavy (non-hydrogen) atoms. The Balaban J connectivity index is 2.18. The zero-order valence-corrected chi connectivity index (χ0v) is 12.7. The fourth-order valence-electron chi connectivity index (χ4n) is 2.61. The Morgan fingerprint density at radius 3 is 2.64 bits per heavy atom. The number of halogens is 1. The zero-order valence-electron chi connectivity index (χ0n) is 11.9. The average Bonchev–Trinajstić information content (AvgIpc) is 2.49. The van der Waals surface area contributed by atoms with Gasteiger partial charge in [-0.1, -0.05) is 41.9 Å². The van der Waals surface area contributed by atoms with Gasteiger partial charge in [0.15, 0.2) is 0 Å². The monoisotopic (exact) mass is 312 g/mol. The van der Waals surface area contributed by atoms with Gasteiger partial charge in [-0.25, -0.2) is 0 Å². The van der Waals surface area contributed by atoms with E-state index in [1.165, 1.54) is 0 Å². The number of nitro groups is 1. The van der Waals surface area contributed by atoms with Crippen LogP contribution in [0.5, 0.6) is 0 Å². The van der Waals surface area contributed by atoms with Crippen LogP contribution in [0.3, 0.4) is 0 Å². The number of rotatable bonds is 3. The molecule has 1 aromatic heterocycles. The van der Waals surface area contributed by atoms with Crippen LogP contribution in [0.4, 0.5) is 5.69 Å². The summed E-state index contributed by atoms with van der Waals surface area (Å²) in [5, 5.41) is 13.4. The van der Waals surface area contributed by atoms with Gasteiger partial charge < -0.3 is 0 Å². The number of hydrogen-bond acceptors (Lipinski definition) is 3. The number of aromatic nitrogens is 1. The summed E-state index contributed by atoms with van der Waals surface area (Å²) in [5.41, 5.74) is 2.52. The summed E-state index contributed by atoms with van der Waals surface area (Å²) in [6.07, 6.45) is 2.15. The molecule has 0 unspecified atom stereocenters. The molecule has 0 amide bonds. The number of nitrogens with zero attached hydrogens (tertiary/aromatic N) is 2. The van der Waals surface area contributed by atoms with Gasteiger partial charge in [-0.2, -0.15) is 0 Å². The predicted octanol–water partition coefficient (Wildman–Crippen LogP) is 4.70. The van der Waals surface area contributed by atoms with E-state index in [0.29, 0.717) is 22.4 Å². The number of benzene rings is 2. The summed E-state index contributed by atoms with van der Waals surface area (Å²) >= 11 is 6.20. The molecule has 5 heteroatoms. The van der Waals surface area contributed by atoms with E-state index >= 15 is 0 Å². The summed E-state index contributed by atoms with van der Waals surface area (Å²) < 4.78 is 0. The number of pyridine rings is 1. The number of nitro benzene ring substituents is 1. The molecule has 2 aromatic carbocycles. The lowest BCUT2D eigenvalue weighted by atomic mass is 10.0. The lowest BCUT2D eigenvalue weighted by Crippen LogP contribution is -1.98. The molecule has 0 aliphatic rings. The Morgan fingerprint density at radius 2 is 1.91 bits per heavy atom. The highest BCUT2D eigenvalue weighted by Crippen LogP contribution is 2.31. The highest BCUT2D eigenvalue weighted by molar-refractivity contribution is 6.31. The van der Waals surface area contributed by atoms with Crippen molar-refractivity contribution in [2.24, 2.45) is 0 Å². The maximum Gasteiger partial charge on any atom is 0.280 e. The molecule has 0 aliphatic carbocycles. The minimum Gasteiger partial charge on any atom is -0.260 e. The molecule has 0 N–H and O–H groups in total. The van der Waals surface area contributed by atoms with Gasteiger partial charge in [0.1, 0.15) is 0 Å². The van der Waals surface area contributed by atoms with Gasteiger partial charge in [0.2, 0.25) is 0 Å². The Kier molecular flexibility index (Phi) is 3.77. The van der Waals surface area contributed by atoms with Crippen LogP contribution in [-0.2, 0) is 6.42 Å². The van der Waals surface area contributed by atoms with E-state index in [1.807, 2.05) is 30.3 Å². The normalized spacial score (nSPS) is 10.8. The van der Waals surface area contributed by atoms with Crippen LogP contribution in [0.1, 0.15) is 16.8 Å². The minimum absolute atomic E-state index is 0.139. The van der Waals surface area contributed by atoms with Gasteiger partial charge in [-0.05, 0) is 24.6 Å². The van der Waals surface area contributed by atoms with Crippen molar-refractivity contribution >= 4 is 28.1 Å². The summed E-state index contributed by atoms with van der Waals surface area (Å²) in [6, 6.07) is 12.9. The van der Waals surface area contributed by atoms with Gasteiger partial charge in [0.05, 0.1) is 16.0 Å². The highest BCUT2D eigenvalue weighted by Gasteiger charge is 2.17. The third kappa shape index (κ3) is 2.53. The summed E-state index contributed by atoms with van der Waals surface area (Å²) in [5.74, 6) is 0. The second-order valence-corrected chi connectivity index (χ2v) is 5.52. The maximum absolute atomic E-state index is 11.3. The van der Waals surface area contributed by atoms with E-state index in [1.54, 1.807) is 25.3 Å². The van der Waals surface area contributed by atoms with Crippen molar-refractivity contribution in [2.45, 2.75) is 13.3 Å². The number of hydrogen-bond donors (Lipinski definition) is 0. The second-order valence-electron chi connectivity index (χ2n) is 5.11. The van der Waals surface area contributed by atoms with Gasteiger partial charge in [0, 0.05) is 28.6 Å². The zero-order chi connectivity index (χ0) is 15.7. The molecule has 0 spiro atoms. The molecule has 4 nitrogen and oxygen atoms in total. The Morgan fingerprint density at radius 1 is 1.14 bits per heavy atom. The second kappa shape index (κ2) is 5.73. The Labute approximate surface area is 132 Å². The molecule has 3 aromatic rings. The number of fused-ring (bicyclic) bond motifs is 1. The van der Waals surface area contributed by atoms with E-state index < -0.39 is 0 Å². The summed E-state index contributed by atoms with van der Waals surface area (Å²) in [6.45, 7) is 1.74. The van der Waals surface area contributed by atoms with Crippen LogP contribution in [0.15, 0.2) is 48.7 Å². The third-order valence-corrected chi connectivity index (χ3v) is 4.07. The Bertz CT molecular complexity index is 878. The molecule has 3 rings (SSSR count). The molecule has 0 fully saturated rings. The molecule has 0 aliphatic heterocycles. The molecular formula is C17H13ClN2O2. The van der Waals surface area contributed by atoms with Crippen molar-refractivity contribution in [2.75, 3.05) is 0 Å². The summed E-state index contributed by atoms with van der Waals surface area (Å²) in [7, 11) is 0. The van der Waals surface area contributed by atoms with E-state index in [4.69, 9.17) is 11.6 Å². The highest BCUT2D eigenvalue weighted by atomic mass is 35.5. The van der Waals surface area contributed by atoms with E-state index in [2.05, 4.69) is 4.98 Å². The van der Waals surface area contributed by atoms with Crippen molar-refractivity contribution in [1.29, 1.82) is 0 Å². The van der Waals surface area contributed by atoms with Crippen LogP contribution in [0, 0.1) is 17.0 Å². The first kappa shape index (κ1) is 14.5. The maximum atomic E-state index is 11.3. The SMILES string of the molecule is Cc1ccc2c(Cc3ccccc3Cl)nccc2c1[N+](=O)[O-]. The first-order valence-electron chi connectivity index (χ1n) is 6.83. The topological polar surface area (TPSA) is 56.0 Å². The van der Waals surface area contributed by atoms with Crippen LogP contribution >= 0.6 is 11.6 Å². The molecule has 0 saturated carbocycles. The third-order valence-electron chi connectivity index (χ3n) is 3.70. The number of aryl methyl sites for hydroxylation is 1. The van der Waals surface area contributed by atoms with Crippen LogP contribution in [0.25, 0.3) is 10.8 Å². The quantitative estimate of drug-likeness (QED) is 0.520. The van der Waals surface area contributed by atoms with E-state index in [9.17, 15) is 10.1 Å². The standard InChI is InChI=1S/C17H13ClN2O2/c1-11-6-7-13-14(17(11)20(21)22)8-9-19-16(13)10-12-4-2-3-5-15(12)18/h2-9H,10H2,1H3. The average molecular weight is 313 g/mol. The van der Waals surface area contributed by atoms with Crippen LogP contribution in [-0.4, -0.2) is 9.91 Å². The van der Waals surface area contributed by atoms with Crippen molar-refractivity contribution in [3.63, 3.8) is 0 Å². The van der Waals surface area contributed by atoms with Crippen molar-refractivity contribution in [3.05, 3.63) is 80.6 Å². The van der Waals surface area contributed by atoms with E-state index in [-0.39, 0.29) is 10.6 Å². The summed E-state index contributed by atoms with van der Waals surface area (Å²) in [4.78, 5) is 15.4. The molecule has 110 valence electrons. The largest absolute Gasteiger partial charge is 0.280 e. The lowest BCUT2D eigenvalue weighted by Gasteiger charge is -2.08. The van der Waals surface area contributed by atoms with Crippen LogP contribution in [0.2, 0.25) is 5.02 Å². The lowest BCUT2D eigenvalue weighted by molar-refractivity contribution is -0.383. The van der Waals surface area contributed by atoms with Gasteiger partial charge in [-0.3, -0.25) is 15.1 Å². The molecule has 1 heterocycles. The fraction of sp³-hybridized carbons (Fsp3) is 0.118. The molecule has 0 atom stereocenters. The predicted molar refractivity (Wildman–Crippen MR) is 87.4 cm³/mol. The fourth-order valence-corrected chi connectivity index (χ4v) is 2.82. The Hall–Kier alpha value is -2.46. The van der Waals surface area contributed by atoms with Gasteiger partial charge in [0.25, 0.3) is 5.69 Å². The van der Waals surface area contributed by atoms with E-state index in [0.717, 1.165) is 16.6 Å². The van der Waals surface area contributed by atoms with Crippen molar-refractivity contribution in [3.8, 4) is 0 Å². The molecular weight excluding hydrogens is 300 g/mol. The van der Waals surface area contributed by atoms with Gasteiger partial charge in [-0.15, -0.1) is 0 Å². The van der Waals surface area contributed by atoms with Crippen molar-refractivity contribution in [1.82, 2.24) is 4.98 Å². The smallest absolute Gasteiger partial charge is 0.260 e. The van der Waals surface area contributed by atoms with Crippen LogP contribution < -0.4 is 0 Å². The molecule has 0 bridgehead atoms. The minimum atomic E-state index is -0.336. The first-order chi connectivity index (χ1) is 10.6. The van der Waals surface area contributed by atoms with Gasteiger partial charge >= 0.3 is 0 Å².